The lowest BCUT2D eigenvalue weighted by atomic mass is 9.63. The number of hydrogen-bond donors (Lipinski definition) is 6. The normalized spacial score (nSPS) is 27.3. The van der Waals surface area contributed by atoms with Gasteiger partial charge in [0.1, 0.15) is 35.6 Å². The van der Waals surface area contributed by atoms with Gasteiger partial charge in [0.2, 0.25) is 0 Å². The summed E-state index contributed by atoms with van der Waals surface area (Å²) in [6.07, 6.45) is -8.33. The summed E-state index contributed by atoms with van der Waals surface area (Å²) in [6, 6.07) is 36.0. The molecule has 0 heterocycles. The molecule has 1 fully saturated rings. The number of aliphatic hydroxyl groups is 6. The molecule has 0 amide bonds. The summed E-state index contributed by atoms with van der Waals surface area (Å²) in [6.45, 7) is 0. The largest absolute Gasteiger partial charge is 0.387 e. The predicted molar refractivity (Wildman–Crippen MR) is 182 cm³/mol. The van der Waals surface area contributed by atoms with Gasteiger partial charge >= 0.3 is 0 Å². The second-order valence-electron chi connectivity index (χ2n) is 13.3. The Morgan fingerprint density at radius 3 is 1.13 bits per heavy atom. The smallest absolute Gasteiger partial charge is 0.126 e. The first-order valence-corrected chi connectivity index (χ1v) is 15.7. The van der Waals surface area contributed by atoms with Gasteiger partial charge in [-0.2, -0.15) is 0 Å². The van der Waals surface area contributed by atoms with Gasteiger partial charge in [-0.3, -0.25) is 0 Å². The third-order valence-corrected chi connectivity index (χ3v) is 10.8. The fraction of sp³-hybridized carbons (Fsp3) is 0.200. The Labute approximate surface area is 263 Å². The second-order valence-corrected chi connectivity index (χ2v) is 13.3. The van der Waals surface area contributed by atoms with Crippen molar-refractivity contribution in [2.24, 2.45) is 0 Å². The van der Waals surface area contributed by atoms with Gasteiger partial charge in [0.05, 0.1) is 0 Å². The lowest BCUT2D eigenvalue weighted by Crippen LogP contribution is -2.77. The van der Waals surface area contributed by atoms with Crippen LogP contribution in [0.4, 0.5) is 0 Å². The molecule has 1 aliphatic rings. The maximum atomic E-state index is 12.2. The molecule has 6 N–H and O–H groups in total. The third kappa shape index (κ3) is 3.62. The highest BCUT2D eigenvalue weighted by atomic mass is 16.4. The molecule has 0 radical (unpaired) electrons. The van der Waals surface area contributed by atoms with E-state index in [-0.39, 0.29) is 12.8 Å². The van der Waals surface area contributed by atoms with Gasteiger partial charge in [0.15, 0.2) is 0 Å². The molecule has 0 saturated heterocycles. The summed E-state index contributed by atoms with van der Waals surface area (Å²) in [7, 11) is 0. The first kappa shape index (κ1) is 27.9. The molecule has 0 aromatic heterocycles. The van der Waals surface area contributed by atoms with Crippen LogP contribution in [0.5, 0.6) is 0 Å². The van der Waals surface area contributed by atoms with Crippen LogP contribution in [0.1, 0.15) is 11.1 Å². The van der Waals surface area contributed by atoms with Gasteiger partial charge in [0.25, 0.3) is 0 Å². The molecule has 46 heavy (non-hydrogen) atoms. The van der Waals surface area contributed by atoms with Crippen molar-refractivity contribution in [1.29, 1.82) is 0 Å². The first-order valence-electron chi connectivity index (χ1n) is 15.7. The minimum absolute atomic E-state index is 0.270. The Kier molecular flexibility index (Phi) is 5.79. The van der Waals surface area contributed by atoms with Crippen LogP contribution in [0, 0.1) is 0 Å². The van der Waals surface area contributed by atoms with E-state index in [9.17, 15) is 30.6 Å². The molecule has 6 heteroatoms. The van der Waals surface area contributed by atoms with Crippen LogP contribution in [0.25, 0.3) is 64.6 Å². The van der Waals surface area contributed by atoms with Crippen molar-refractivity contribution in [1.82, 2.24) is 0 Å². The second kappa shape index (κ2) is 9.56. The summed E-state index contributed by atoms with van der Waals surface area (Å²) in [5, 5.41) is 82.0. The molecule has 9 rings (SSSR count). The van der Waals surface area contributed by atoms with E-state index in [0.717, 1.165) is 64.6 Å². The summed E-state index contributed by atoms with van der Waals surface area (Å²) >= 11 is 0. The quantitative estimate of drug-likeness (QED) is 0.153. The molecule has 0 spiro atoms. The molecule has 1 saturated carbocycles. The van der Waals surface area contributed by atoms with Crippen LogP contribution >= 0.6 is 0 Å². The molecule has 6 atom stereocenters. The monoisotopic (exact) mass is 608 g/mol. The van der Waals surface area contributed by atoms with Crippen molar-refractivity contribution in [3.8, 4) is 0 Å². The van der Waals surface area contributed by atoms with Crippen molar-refractivity contribution < 1.29 is 30.6 Å². The maximum absolute atomic E-state index is 12.2. The van der Waals surface area contributed by atoms with E-state index < -0.39 is 35.6 Å². The summed E-state index contributed by atoms with van der Waals surface area (Å²) < 4.78 is 0. The highest BCUT2D eigenvalue weighted by molar-refractivity contribution is 6.24. The zero-order valence-corrected chi connectivity index (χ0v) is 24.8. The fourth-order valence-electron chi connectivity index (χ4n) is 8.43. The van der Waals surface area contributed by atoms with Gasteiger partial charge in [0, 0.05) is 12.8 Å². The topological polar surface area (TPSA) is 121 Å². The third-order valence-electron chi connectivity index (χ3n) is 10.8. The number of rotatable bonds is 4. The molecule has 1 aliphatic carbocycles. The fourth-order valence-corrected chi connectivity index (χ4v) is 8.43. The standard InChI is InChI=1S/C40H32O6/c41-35-36(42)39(45,19-27-13-11-25-9-7-21-3-1-5-23-15-17-29(27)33(25)31(21)23)38(44)40(46,37(35)43)20-28-14-12-26-10-8-22-4-2-6-24-16-18-30(28)34(26)32(22)24/h1-18,35-38,41-46H,19-20H2/t35?,36-,37+,38?,39+,40-. The van der Waals surface area contributed by atoms with Crippen molar-refractivity contribution in [3.63, 3.8) is 0 Å². The lowest BCUT2D eigenvalue weighted by Gasteiger charge is -2.54. The molecule has 0 bridgehead atoms. The average molecular weight is 609 g/mol. The summed E-state index contributed by atoms with van der Waals surface area (Å²) in [5.41, 5.74) is -3.50. The Morgan fingerprint density at radius 2 is 0.739 bits per heavy atom. The van der Waals surface area contributed by atoms with Crippen molar-refractivity contribution in [2.45, 2.75) is 48.5 Å². The Hall–Kier alpha value is -4.40. The van der Waals surface area contributed by atoms with Crippen LogP contribution < -0.4 is 0 Å². The highest BCUT2D eigenvalue weighted by Crippen LogP contribution is 2.44. The molecular formula is C40H32O6. The molecule has 8 aromatic carbocycles. The van der Waals surface area contributed by atoms with E-state index >= 15 is 0 Å². The number of aliphatic hydroxyl groups excluding tert-OH is 4. The number of benzene rings is 8. The molecule has 2 unspecified atom stereocenters. The Morgan fingerprint density at radius 1 is 0.413 bits per heavy atom. The van der Waals surface area contributed by atoms with E-state index in [0.29, 0.717) is 11.1 Å². The van der Waals surface area contributed by atoms with E-state index in [2.05, 4.69) is 12.1 Å². The molecule has 0 aliphatic heterocycles. The minimum Gasteiger partial charge on any atom is -0.387 e. The highest BCUT2D eigenvalue weighted by Gasteiger charge is 2.64. The van der Waals surface area contributed by atoms with Gasteiger partial charge in [-0.05, 0) is 75.8 Å². The average Bonchev–Trinajstić information content (AvgIpc) is 3.08. The van der Waals surface area contributed by atoms with E-state index in [1.54, 1.807) is 0 Å². The van der Waals surface area contributed by atoms with Gasteiger partial charge < -0.3 is 30.6 Å². The van der Waals surface area contributed by atoms with Crippen LogP contribution in [0.3, 0.4) is 0 Å². The SMILES string of the molecule is OC1[C@@H](O)[C@@](O)(Cc2ccc3ccc4cccc5ccc2c3c45)C(O)[C@@](O)(Cc2ccc3ccc4cccc5ccc2c3c45)[C@H]1O. The Bertz CT molecular complexity index is 2250. The Balaban J connectivity index is 1.16. The lowest BCUT2D eigenvalue weighted by molar-refractivity contribution is -0.304. The summed E-state index contributed by atoms with van der Waals surface area (Å²) in [4.78, 5) is 0. The number of hydrogen-bond acceptors (Lipinski definition) is 6. The van der Waals surface area contributed by atoms with Gasteiger partial charge in [-0.25, -0.2) is 0 Å². The van der Waals surface area contributed by atoms with Crippen molar-refractivity contribution in [3.05, 3.63) is 120 Å². The summed E-state index contributed by atoms with van der Waals surface area (Å²) in [5.74, 6) is 0. The van der Waals surface area contributed by atoms with Crippen LogP contribution in [-0.4, -0.2) is 66.3 Å². The van der Waals surface area contributed by atoms with Crippen LogP contribution in [-0.2, 0) is 12.8 Å². The van der Waals surface area contributed by atoms with Gasteiger partial charge in [-0.1, -0.05) is 109 Å². The minimum atomic E-state index is -2.39. The molecule has 228 valence electrons. The maximum Gasteiger partial charge on any atom is 0.126 e. The zero-order chi connectivity index (χ0) is 31.5. The van der Waals surface area contributed by atoms with Crippen molar-refractivity contribution >= 4 is 64.6 Å². The predicted octanol–water partition coefficient (Wildman–Crippen LogP) is 5.19. The van der Waals surface area contributed by atoms with Crippen LogP contribution in [0.2, 0.25) is 0 Å². The van der Waals surface area contributed by atoms with E-state index in [1.165, 1.54) is 0 Å². The van der Waals surface area contributed by atoms with E-state index in [4.69, 9.17) is 0 Å². The van der Waals surface area contributed by atoms with E-state index in [1.807, 2.05) is 97.1 Å². The molecular weight excluding hydrogens is 576 g/mol. The van der Waals surface area contributed by atoms with Crippen molar-refractivity contribution in [2.75, 3.05) is 0 Å². The first-order chi connectivity index (χ1) is 22.2. The molecule has 6 nitrogen and oxygen atoms in total. The zero-order valence-electron chi connectivity index (χ0n) is 24.8. The van der Waals surface area contributed by atoms with Gasteiger partial charge in [-0.15, -0.1) is 0 Å². The molecule has 8 aromatic rings. The van der Waals surface area contributed by atoms with Crippen LogP contribution in [0.15, 0.2) is 109 Å².